The quantitative estimate of drug-likeness (QED) is 0.0705. The van der Waals surface area contributed by atoms with Crippen molar-refractivity contribution in [3.63, 3.8) is 0 Å². The Morgan fingerprint density at radius 1 is 0.357 bits per heavy atom. The van der Waals surface area contributed by atoms with Gasteiger partial charge in [0.1, 0.15) is 0 Å². The Morgan fingerprint density at radius 3 is 0.875 bits per heavy atom. The highest BCUT2D eigenvalue weighted by Crippen LogP contribution is 2.47. The summed E-state index contributed by atoms with van der Waals surface area (Å²) in [6.45, 7) is 12.4. The van der Waals surface area contributed by atoms with Gasteiger partial charge in [0.15, 0.2) is 0 Å². The molecule has 0 atom stereocenters. The van der Waals surface area contributed by atoms with Gasteiger partial charge in [-0.2, -0.15) is 0 Å². The van der Waals surface area contributed by atoms with Gasteiger partial charge in [0.25, 0.3) is 23.6 Å². The number of carbonyl (C=O) groups is 4. The Labute approximate surface area is 326 Å². The third-order valence-electron chi connectivity index (χ3n) is 11.6. The first-order valence-electron chi connectivity index (χ1n) is 20.0. The fourth-order valence-electron chi connectivity index (χ4n) is 9.18. The van der Waals surface area contributed by atoms with E-state index in [1.165, 1.54) is 9.80 Å². The van der Waals surface area contributed by atoms with Crippen molar-refractivity contribution < 1.29 is 19.2 Å². The highest BCUT2D eigenvalue weighted by Gasteiger charge is 2.38. The third kappa shape index (κ3) is 5.19. The summed E-state index contributed by atoms with van der Waals surface area (Å²) in [6, 6.07) is 30.5. The van der Waals surface area contributed by atoms with Crippen LogP contribution < -0.4 is 19.6 Å². The predicted molar refractivity (Wildman–Crippen MR) is 228 cm³/mol. The molecule has 0 aromatic heterocycles. The average Bonchev–Trinajstić information content (AvgIpc) is 3.22. The first-order chi connectivity index (χ1) is 27.3. The van der Waals surface area contributed by atoms with Gasteiger partial charge in [-0.15, -0.1) is 0 Å². The fourth-order valence-corrected chi connectivity index (χ4v) is 9.18. The van der Waals surface area contributed by atoms with Crippen molar-refractivity contribution in [2.75, 3.05) is 45.8 Å². The maximum absolute atomic E-state index is 14.3. The van der Waals surface area contributed by atoms with Gasteiger partial charge in [0.2, 0.25) is 0 Å². The number of benzene rings is 7. The second-order valence-corrected chi connectivity index (χ2v) is 15.0. The van der Waals surface area contributed by atoms with Crippen molar-refractivity contribution in [2.24, 2.45) is 0 Å². The third-order valence-corrected chi connectivity index (χ3v) is 11.6. The number of carbonyl (C=O) groups excluding carboxylic acids is 4. The molecule has 4 amide bonds. The standard InChI is InChI=1S/C48H44N4O4/c1-5-25-49(26-6-2)29-9-13-31(14-10-29)51-45(53)37-21-17-33-35-19-23-39-44-40(24-20-36(42(35)44)34-18-22-38(46(51)54)43(37)41(33)34)48(56)52(47(39)55)32-15-11-30(12-16-32)50(27-7-3)28-8-4/h9-24H,5-8,25-28H2,1-4H3. The average molecular weight is 741 g/mol. The largest absolute Gasteiger partial charge is 0.372 e. The molecule has 0 unspecified atom stereocenters. The Balaban J connectivity index is 1.13. The van der Waals surface area contributed by atoms with Gasteiger partial charge >= 0.3 is 0 Å². The van der Waals surface area contributed by atoms with Gasteiger partial charge in [-0.1, -0.05) is 52.0 Å². The number of rotatable bonds is 12. The van der Waals surface area contributed by atoms with Crippen LogP contribution in [0.5, 0.6) is 0 Å². The highest BCUT2D eigenvalue weighted by atomic mass is 16.2. The van der Waals surface area contributed by atoms with Crippen LogP contribution in [0.25, 0.3) is 43.1 Å². The highest BCUT2D eigenvalue weighted by molar-refractivity contribution is 6.45. The Kier molecular flexibility index (Phi) is 8.72. The predicted octanol–water partition coefficient (Wildman–Crippen LogP) is 10.6. The van der Waals surface area contributed by atoms with Gasteiger partial charge in [-0.05, 0) is 131 Å². The van der Waals surface area contributed by atoms with E-state index in [4.69, 9.17) is 0 Å². The lowest BCUT2D eigenvalue weighted by molar-refractivity contribution is 0.0877. The smallest absolute Gasteiger partial charge is 0.265 e. The van der Waals surface area contributed by atoms with E-state index in [2.05, 4.69) is 37.5 Å². The van der Waals surface area contributed by atoms with Crippen molar-refractivity contribution in [2.45, 2.75) is 53.4 Å². The molecule has 56 heavy (non-hydrogen) atoms. The monoisotopic (exact) mass is 740 g/mol. The minimum Gasteiger partial charge on any atom is -0.372 e. The van der Waals surface area contributed by atoms with Gasteiger partial charge in [-0.25, -0.2) is 9.80 Å². The molecule has 7 aromatic carbocycles. The number of anilines is 4. The van der Waals surface area contributed by atoms with Gasteiger partial charge in [-0.3, -0.25) is 19.2 Å². The lowest BCUT2D eigenvalue weighted by Crippen LogP contribution is -2.40. The molecule has 0 spiro atoms. The van der Waals surface area contributed by atoms with Crippen molar-refractivity contribution in [3.05, 3.63) is 119 Å². The van der Waals surface area contributed by atoms with Crippen LogP contribution in [0, 0.1) is 0 Å². The number of amides is 4. The summed E-state index contributed by atoms with van der Waals surface area (Å²) in [5.74, 6) is -1.44. The maximum Gasteiger partial charge on any atom is 0.265 e. The molecule has 0 saturated carbocycles. The van der Waals surface area contributed by atoms with Crippen LogP contribution in [0.1, 0.15) is 94.8 Å². The minimum atomic E-state index is -0.360. The van der Waals surface area contributed by atoms with Crippen LogP contribution in [0.2, 0.25) is 0 Å². The van der Waals surface area contributed by atoms with Crippen molar-refractivity contribution in [3.8, 4) is 0 Å². The number of nitrogens with zero attached hydrogens (tertiary/aromatic N) is 4. The van der Waals surface area contributed by atoms with Crippen molar-refractivity contribution >= 4 is 89.5 Å². The first-order valence-corrected chi connectivity index (χ1v) is 20.0. The van der Waals surface area contributed by atoms with E-state index in [0.29, 0.717) is 44.4 Å². The molecular weight excluding hydrogens is 697 g/mol. The summed E-state index contributed by atoms with van der Waals surface area (Å²) in [7, 11) is 0. The summed E-state index contributed by atoms with van der Waals surface area (Å²) >= 11 is 0. The number of hydrogen-bond acceptors (Lipinski definition) is 6. The molecule has 0 fully saturated rings. The molecule has 9 rings (SSSR count). The summed E-state index contributed by atoms with van der Waals surface area (Å²) in [5, 5.41) is 6.39. The zero-order valence-corrected chi connectivity index (χ0v) is 32.3. The molecule has 2 aliphatic rings. The van der Waals surface area contributed by atoms with Crippen LogP contribution in [-0.2, 0) is 0 Å². The minimum absolute atomic E-state index is 0.360. The molecule has 0 N–H and O–H groups in total. The van der Waals surface area contributed by atoms with Gasteiger partial charge in [0.05, 0.1) is 11.4 Å². The Morgan fingerprint density at radius 2 is 0.625 bits per heavy atom. The van der Waals surface area contributed by atoms with Gasteiger partial charge in [0, 0.05) is 70.6 Å². The molecule has 0 saturated heterocycles. The Bertz CT molecular complexity index is 2420. The summed E-state index contributed by atoms with van der Waals surface area (Å²) in [5.41, 5.74) is 5.09. The van der Waals surface area contributed by atoms with Crippen LogP contribution in [0.3, 0.4) is 0 Å². The Hall–Kier alpha value is -6.28. The molecule has 0 bridgehead atoms. The summed E-state index contributed by atoms with van der Waals surface area (Å²) < 4.78 is 0. The zero-order valence-electron chi connectivity index (χ0n) is 32.3. The van der Waals surface area contributed by atoms with E-state index < -0.39 is 0 Å². The second kappa shape index (κ2) is 13.8. The molecule has 8 heteroatoms. The van der Waals surface area contributed by atoms with Crippen molar-refractivity contribution in [1.29, 1.82) is 0 Å². The van der Waals surface area contributed by atoms with Crippen LogP contribution in [-0.4, -0.2) is 49.8 Å². The molecule has 2 aliphatic heterocycles. The fraction of sp³-hybridized carbons (Fsp3) is 0.250. The van der Waals surface area contributed by atoms with E-state index in [0.717, 1.165) is 95.6 Å². The van der Waals surface area contributed by atoms with E-state index in [-0.39, 0.29) is 23.6 Å². The lowest BCUT2D eigenvalue weighted by atomic mass is 9.82. The van der Waals surface area contributed by atoms with E-state index in [1.54, 1.807) is 0 Å². The van der Waals surface area contributed by atoms with E-state index in [1.807, 2.05) is 97.1 Å². The molecular formula is C48H44N4O4. The molecule has 8 nitrogen and oxygen atoms in total. The number of fused-ring (bicyclic) bond motifs is 2. The van der Waals surface area contributed by atoms with E-state index in [9.17, 15) is 19.2 Å². The number of hydrogen-bond donors (Lipinski definition) is 0. The number of imide groups is 2. The topological polar surface area (TPSA) is 81.2 Å². The van der Waals surface area contributed by atoms with E-state index >= 15 is 0 Å². The lowest BCUT2D eigenvalue weighted by Gasteiger charge is -2.30. The van der Waals surface area contributed by atoms with Crippen LogP contribution in [0.15, 0.2) is 97.1 Å². The molecule has 7 aromatic rings. The maximum atomic E-state index is 14.3. The van der Waals surface area contributed by atoms with Crippen molar-refractivity contribution in [1.82, 2.24) is 0 Å². The molecule has 280 valence electrons. The molecule has 0 radical (unpaired) electrons. The molecule has 0 aliphatic carbocycles. The normalized spacial score (nSPS) is 14.0. The molecule has 2 heterocycles. The summed E-state index contributed by atoms with van der Waals surface area (Å²) in [4.78, 5) is 64.4. The van der Waals surface area contributed by atoms with Crippen LogP contribution in [0.4, 0.5) is 22.7 Å². The zero-order chi connectivity index (χ0) is 38.8. The van der Waals surface area contributed by atoms with Crippen LogP contribution >= 0.6 is 0 Å². The first kappa shape index (κ1) is 35.4. The summed E-state index contributed by atoms with van der Waals surface area (Å²) in [6.07, 6.45) is 4.10. The second-order valence-electron chi connectivity index (χ2n) is 15.0. The van der Waals surface area contributed by atoms with Gasteiger partial charge < -0.3 is 9.80 Å². The SMILES string of the molecule is CCCN(CCC)c1ccc(N2C(=O)c3ccc4c5ccc6c7c(ccc(c8ccc(c3c48)C2=O)c75)C(=O)N(c2ccc(N(CCC)CCC)cc2)C6=O)cc1.